The lowest BCUT2D eigenvalue weighted by atomic mass is 10.1. The summed E-state index contributed by atoms with van der Waals surface area (Å²) in [5.41, 5.74) is 7.74. The van der Waals surface area contributed by atoms with Gasteiger partial charge in [-0.25, -0.2) is 0 Å². The van der Waals surface area contributed by atoms with E-state index >= 15 is 0 Å². The summed E-state index contributed by atoms with van der Waals surface area (Å²) in [6, 6.07) is 6.31. The SMILES string of the molecule is CCCCC(C)Nc1cccc(OCC)c1N. The van der Waals surface area contributed by atoms with E-state index in [1.54, 1.807) is 0 Å². The van der Waals surface area contributed by atoms with Crippen molar-refractivity contribution in [1.29, 1.82) is 0 Å². The Bertz CT molecular complexity index is 339. The molecule has 1 aromatic rings. The molecule has 0 fully saturated rings. The molecule has 0 aliphatic heterocycles. The van der Waals surface area contributed by atoms with Crippen LogP contribution in [0, 0.1) is 0 Å². The van der Waals surface area contributed by atoms with Gasteiger partial charge in [0.2, 0.25) is 0 Å². The van der Waals surface area contributed by atoms with Gasteiger partial charge in [0, 0.05) is 6.04 Å². The summed E-state index contributed by atoms with van der Waals surface area (Å²) in [5, 5.41) is 3.44. The molecule has 1 rings (SSSR count). The van der Waals surface area contributed by atoms with Crippen molar-refractivity contribution in [3.8, 4) is 5.75 Å². The molecule has 0 spiro atoms. The highest BCUT2D eigenvalue weighted by Crippen LogP contribution is 2.30. The van der Waals surface area contributed by atoms with Crippen LogP contribution in [-0.4, -0.2) is 12.6 Å². The Morgan fingerprint density at radius 2 is 2.12 bits per heavy atom. The quantitative estimate of drug-likeness (QED) is 0.710. The summed E-state index contributed by atoms with van der Waals surface area (Å²) in [6.45, 7) is 6.99. The third kappa shape index (κ3) is 4.17. The molecule has 0 aliphatic carbocycles. The van der Waals surface area contributed by atoms with Crippen LogP contribution >= 0.6 is 0 Å². The molecule has 0 heterocycles. The minimum Gasteiger partial charge on any atom is -0.492 e. The van der Waals surface area contributed by atoms with Crippen LogP contribution in [0.2, 0.25) is 0 Å². The third-order valence-corrected chi connectivity index (χ3v) is 2.76. The topological polar surface area (TPSA) is 47.3 Å². The van der Waals surface area contributed by atoms with Gasteiger partial charge in [0.05, 0.1) is 18.0 Å². The van der Waals surface area contributed by atoms with Crippen molar-refractivity contribution >= 4 is 11.4 Å². The molecule has 1 atom stereocenters. The molecule has 0 saturated heterocycles. The van der Waals surface area contributed by atoms with E-state index in [9.17, 15) is 0 Å². The summed E-state index contributed by atoms with van der Waals surface area (Å²) in [4.78, 5) is 0. The van der Waals surface area contributed by atoms with E-state index in [2.05, 4.69) is 19.2 Å². The number of nitrogens with one attached hydrogen (secondary N) is 1. The largest absolute Gasteiger partial charge is 0.492 e. The van der Waals surface area contributed by atoms with Crippen LogP contribution < -0.4 is 15.8 Å². The molecule has 0 aromatic heterocycles. The lowest BCUT2D eigenvalue weighted by molar-refractivity contribution is 0.342. The van der Waals surface area contributed by atoms with Gasteiger partial charge in [-0.3, -0.25) is 0 Å². The molecular formula is C14H24N2O. The molecule has 17 heavy (non-hydrogen) atoms. The fraction of sp³-hybridized carbons (Fsp3) is 0.571. The highest BCUT2D eigenvalue weighted by Gasteiger charge is 2.08. The van der Waals surface area contributed by atoms with Crippen LogP contribution in [-0.2, 0) is 0 Å². The van der Waals surface area contributed by atoms with E-state index in [4.69, 9.17) is 10.5 Å². The van der Waals surface area contributed by atoms with Crippen molar-refractivity contribution in [3.63, 3.8) is 0 Å². The second-order valence-corrected chi connectivity index (χ2v) is 4.34. The normalized spacial score (nSPS) is 12.2. The molecule has 0 radical (unpaired) electrons. The van der Waals surface area contributed by atoms with E-state index in [0.717, 1.165) is 17.9 Å². The van der Waals surface area contributed by atoms with Crippen molar-refractivity contribution in [2.45, 2.75) is 46.1 Å². The molecule has 0 saturated carbocycles. The fourth-order valence-corrected chi connectivity index (χ4v) is 1.80. The van der Waals surface area contributed by atoms with E-state index in [1.807, 2.05) is 25.1 Å². The van der Waals surface area contributed by atoms with E-state index in [0.29, 0.717) is 18.3 Å². The molecule has 1 aromatic carbocycles. The molecule has 1 unspecified atom stereocenters. The first-order valence-electron chi connectivity index (χ1n) is 6.46. The Balaban J connectivity index is 2.67. The van der Waals surface area contributed by atoms with Crippen LogP contribution in [0.5, 0.6) is 5.75 Å². The average Bonchev–Trinajstić information content (AvgIpc) is 2.32. The van der Waals surface area contributed by atoms with Gasteiger partial charge < -0.3 is 15.8 Å². The predicted molar refractivity (Wildman–Crippen MR) is 74.6 cm³/mol. The maximum atomic E-state index is 6.06. The highest BCUT2D eigenvalue weighted by atomic mass is 16.5. The number of para-hydroxylation sites is 1. The number of anilines is 2. The average molecular weight is 236 g/mol. The monoisotopic (exact) mass is 236 g/mol. The summed E-state index contributed by atoms with van der Waals surface area (Å²) in [5.74, 6) is 0.764. The van der Waals surface area contributed by atoms with E-state index < -0.39 is 0 Å². The Kier molecular flexibility index (Phi) is 5.67. The standard InChI is InChI=1S/C14H24N2O/c1-4-6-8-11(3)16-12-9-7-10-13(14(12)15)17-5-2/h7,9-11,16H,4-6,8,15H2,1-3H3. The summed E-state index contributed by atoms with van der Waals surface area (Å²) >= 11 is 0. The first-order valence-corrected chi connectivity index (χ1v) is 6.46. The number of nitrogen functional groups attached to an aromatic ring is 1. The number of nitrogens with two attached hydrogens (primary N) is 1. The van der Waals surface area contributed by atoms with Gasteiger partial charge >= 0.3 is 0 Å². The van der Waals surface area contributed by atoms with Crippen molar-refractivity contribution < 1.29 is 4.74 Å². The smallest absolute Gasteiger partial charge is 0.144 e. The van der Waals surface area contributed by atoms with Crippen LogP contribution in [0.3, 0.4) is 0 Å². The molecule has 3 N–H and O–H groups in total. The number of unbranched alkanes of at least 4 members (excludes halogenated alkanes) is 1. The maximum absolute atomic E-state index is 6.06. The van der Waals surface area contributed by atoms with Crippen LogP contribution in [0.15, 0.2) is 18.2 Å². The number of hydrogen-bond donors (Lipinski definition) is 2. The lowest BCUT2D eigenvalue weighted by Gasteiger charge is -2.18. The van der Waals surface area contributed by atoms with Crippen LogP contribution in [0.25, 0.3) is 0 Å². The molecule has 3 nitrogen and oxygen atoms in total. The van der Waals surface area contributed by atoms with Crippen molar-refractivity contribution in [2.24, 2.45) is 0 Å². The fourth-order valence-electron chi connectivity index (χ4n) is 1.80. The van der Waals surface area contributed by atoms with Gasteiger partial charge in [0.25, 0.3) is 0 Å². The van der Waals surface area contributed by atoms with Crippen molar-refractivity contribution in [1.82, 2.24) is 0 Å². The van der Waals surface area contributed by atoms with Gasteiger partial charge in [-0.05, 0) is 32.4 Å². The van der Waals surface area contributed by atoms with Gasteiger partial charge in [-0.15, -0.1) is 0 Å². The molecule has 0 amide bonds. The Labute approximate surface area is 104 Å². The van der Waals surface area contributed by atoms with E-state index in [1.165, 1.54) is 12.8 Å². The summed E-state index contributed by atoms with van der Waals surface area (Å²) in [7, 11) is 0. The van der Waals surface area contributed by atoms with Crippen LogP contribution in [0.1, 0.15) is 40.0 Å². The Morgan fingerprint density at radius 3 is 2.76 bits per heavy atom. The predicted octanol–water partition coefficient (Wildman–Crippen LogP) is 3.66. The summed E-state index contributed by atoms with van der Waals surface area (Å²) in [6.07, 6.45) is 3.62. The Morgan fingerprint density at radius 1 is 1.35 bits per heavy atom. The van der Waals surface area contributed by atoms with Crippen LogP contribution in [0.4, 0.5) is 11.4 Å². The van der Waals surface area contributed by atoms with Gasteiger partial charge in [-0.1, -0.05) is 25.8 Å². The molecular weight excluding hydrogens is 212 g/mol. The zero-order valence-corrected chi connectivity index (χ0v) is 11.1. The highest BCUT2D eigenvalue weighted by molar-refractivity contribution is 5.73. The number of ether oxygens (including phenoxy) is 1. The van der Waals surface area contributed by atoms with Gasteiger partial charge in [0.15, 0.2) is 0 Å². The van der Waals surface area contributed by atoms with Gasteiger partial charge in [0.1, 0.15) is 5.75 Å². The lowest BCUT2D eigenvalue weighted by Crippen LogP contribution is -2.16. The molecule has 0 aliphatic rings. The summed E-state index contributed by atoms with van der Waals surface area (Å²) < 4.78 is 5.48. The molecule has 3 heteroatoms. The zero-order chi connectivity index (χ0) is 12.7. The number of hydrogen-bond acceptors (Lipinski definition) is 3. The minimum atomic E-state index is 0.439. The first-order chi connectivity index (χ1) is 8.19. The van der Waals surface area contributed by atoms with Crippen molar-refractivity contribution in [2.75, 3.05) is 17.7 Å². The van der Waals surface area contributed by atoms with Crippen molar-refractivity contribution in [3.05, 3.63) is 18.2 Å². The third-order valence-electron chi connectivity index (χ3n) is 2.76. The first kappa shape index (κ1) is 13.7. The molecule has 96 valence electrons. The molecule has 0 bridgehead atoms. The minimum absolute atomic E-state index is 0.439. The maximum Gasteiger partial charge on any atom is 0.144 e. The Hall–Kier alpha value is -1.38. The van der Waals surface area contributed by atoms with E-state index in [-0.39, 0.29) is 0 Å². The second-order valence-electron chi connectivity index (χ2n) is 4.34. The second kappa shape index (κ2) is 7.05. The zero-order valence-electron chi connectivity index (χ0n) is 11.1. The number of benzene rings is 1. The number of rotatable bonds is 7. The van der Waals surface area contributed by atoms with Gasteiger partial charge in [-0.2, -0.15) is 0 Å².